The van der Waals surface area contributed by atoms with E-state index in [1.807, 2.05) is 25.5 Å². The fourth-order valence-electron chi connectivity index (χ4n) is 2.72. The number of nitrogens with zero attached hydrogens (tertiary/aromatic N) is 4. The summed E-state index contributed by atoms with van der Waals surface area (Å²) in [5.41, 5.74) is 4.09. The number of aromatic amines is 1. The molecule has 1 aliphatic heterocycles. The minimum atomic E-state index is 0.499. The summed E-state index contributed by atoms with van der Waals surface area (Å²) in [6, 6.07) is 0. The van der Waals surface area contributed by atoms with Gasteiger partial charge < -0.3 is 4.90 Å². The van der Waals surface area contributed by atoms with Crippen LogP contribution in [-0.2, 0) is 0 Å². The molecule has 0 spiro atoms. The van der Waals surface area contributed by atoms with Crippen molar-refractivity contribution in [3.63, 3.8) is 0 Å². The van der Waals surface area contributed by atoms with Gasteiger partial charge in [-0.1, -0.05) is 0 Å². The molecule has 19 heavy (non-hydrogen) atoms. The molecule has 0 bridgehead atoms. The van der Waals surface area contributed by atoms with Crippen LogP contribution in [0.2, 0.25) is 0 Å². The van der Waals surface area contributed by atoms with Crippen molar-refractivity contribution in [1.29, 1.82) is 0 Å². The van der Waals surface area contributed by atoms with Crippen LogP contribution in [0.25, 0.3) is 11.3 Å². The van der Waals surface area contributed by atoms with Gasteiger partial charge in [-0.25, -0.2) is 4.98 Å². The molecule has 0 amide bonds. The topological polar surface area (TPSA) is 57.7 Å². The highest BCUT2D eigenvalue weighted by atomic mass is 15.1. The monoisotopic (exact) mass is 257 g/mol. The summed E-state index contributed by atoms with van der Waals surface area (Å²) in [4.78, 5) is 11.5. The first-order chi connectivity index (χ1) is 9.24. The fourth-order valence-corrected chi connectivity index (χ4v) is 2.72. The number of aromatic nitrogens is 4. The maximum atomic E-state index is 4.78. The fraction of sp³-hybridized carbons (Fsp3) is 0.500. The minimum absolute atomic E-state index is 0.499. The minimum Gasteiger partial charge on any atom is -0.306 e. The first kappa shape index (κ1) is 12.3. The Kier molecular flexibility index (Phi) is 3.29. The van der Waals surface area contributed by atoms with Crippen LogP contribution in [0.1, 0.15) is 30.1 Å². The van der Waals surface area contributed by atoms with E-state index in [0.717, 1.165) is 29.2 Å². The van der Waals surface area contributed by atoms with Crippen LogP contribution in [-0.4, -0.2) is 45.2 Å². The van der Waals surface area contributed by atoms with Crippen LogP contribution in [0.4, 0.5) is 0 Å². The number of likely N-dealkylation sites (tertiary alicyclic amines) is 1. The number of piperidine rings is 1. The summed E-state index contributed by atoms with van der Waals surface area (Å²) in [6.45, 7) is 4.26. The van der Waals surface area contributed by atoms with Gasteiger partial charge in [0.1, 0.15) is 0 Å². The standard InChI is InChI=1S/C14H19N5/c1-10-12(6-16-18-10)14-8-15-7-13(17-14)11-4-3-5-19(2)9-11/h6-8,11H,3-5,9H2,1-2H3,(H,16,18)/t11-/m0/s1. The highest BCUT2D eigenvalue weighted by Gasteiger charge is 2.21. The molecule has 0 radical (unpaired) electrons. The van der Waals surface area contributed by atoms with Gasteiger partial charge in [0.2, 0.25) is 0 Å². The molecule has 5 nitrogen and oxygen atoms in total. The van der Waals surface area contributed by atoms with Crippen molar-refractivity contribution < 1.29 is 0 Å². The van der Waals surface area contributed by atoms with E-state index in [1.54, 1.807) is 0 Å². The first-order valence-electron chi connectivity index (χ1n) is 6.75. The lowest BCUT2D eigenvalue weighted by molar-refractivity contribution is 0.248. The Morgan fingerprint density at radius 2 is 2.21 bits per heavy atom. The molecular formula is C14H19N5. The van der Waals surface area contributed by atoms with Gasteiger partial charge in [-0.2, -0.15) is 5.10 Å². The highest BCUT2D eigenvalue weighted by Crippen LogP contribution is 2.26. The molecule has 3 rings (SSSR count). The van der Waals surface area contributed by atoms with Gasteiger partial charge in [-0.05, 0) is 33.4 Å². The number of likely N-dealkylation sites (N-methyl/N-ethyl adjacent to an activating group) is 1. The molecule has 1 N–H and O–H groups in total. The van der Waals surface area contributed by atoms with Gasteiger partial charge in [0, 0.05) is 29.9 Å². The Balaban J connectivity index is 1.90. The quantitative estimate of drug-likeness (QED) is 0.893. The smallest absolute Gasteiger partial charge is 0.0922 e. The molecule has 1 atom stereocenters. The summed E-state index contributed by atoms with van der Waals surface area (Å²) in [5.74, 6) is 0.499. The van der Waals surface area contributed by atoms with Crippen molar-refractivity contribution in [3.05, 3.63) is 30.0 Å². The third kappa shape index (κ3) is 2.51. The number of aryl methyl sites for hydroxylation is 1. The third-order valence-electron chi connectivity index (χ3n) is 3.80. The Hall–Kier alpha value is -1.75. The molecule has 100 valence electrons. The zero-order valence-electron chi connectivity index (χ0n) is 11.4. The second kappa shape index (κ2) is 5.09. The van der Waals surface area contributed by atoms with E-state index in [0.29, 0.717) is 5.92 Å². The first-order valence-corrected chi connectivity index (χ1v) is 6.75. The van der Waals surface area contributed by atoms with Gasteiger partial charge in [-0.15, -0.1) is 0 Å². The molecule has 0 unspecified atom stereocenters. The predicted molar refractivity (Wildman–Crippen MR) is 73.8 cm³/mol. The van der Waals surface area contributed by atoms with E-state index < -0.39 is 0 Å². The average molecular weight is 257 g/mol. The van der Waals surface area contributed by atoms with Crippen LogP contribution >= 0.6 is 0 Å². The van der Waals surface area contributed by atoms with Gasteiger partial charge >= 0.3 is 0 Å². The number of rotatable bonds is 2. The molecule has 0 saturated carbocycles. The molecule has 2 aromatic rings. The van der Waals surface area contributed by atoms with E-state index in [2.05, 4.69) is 27.1 Å². The van der Waals surface area contributed by atoms with Crippen molar-refractivity contribution in [2.45, 2.75) is 25.7 Å². The largest absolute Gasteiger partial charge is 0.306 e. The van der Waals surface area contributed by atoms with Gasteiger partial charge in [0.15, 0.2) is 0 Å². The molecule has 1 aliphatic rings. The molecule has 2 aromatic heterocycles. The molecule has 3 heterocycles. The van der Waals surface area contributed by atoms with Gasteiger partial charge in [0.05, 0.1) is 23.8 Å². The number of nitrogens with one attached hydrogen (secondary N) is 1. The zero-order valence-corrected chi connectivity index (χ0v) is 11.4. The molecule has 5 heteroatoms. The van der Waals surface area contributed by atoms with Crippen molar-refractivity contribution in [3.8, 4) is 11.3 Å². The van der Waals surface area contributed by atoms with E-state index >= 15 is 0 Å². The normalized spacial score (nSPS) is 20.6. The van der Waals surface area contributed by atoms with Gasteiger partial charge in [0.25, 0.3) is 0 Å². The average Bonchev–Trinajstić information content (AvgIpc) is 2.85. The van der Waals surface area contributed by atoms with E-state index in [9.17, 15) is 0 Å². The molecule has 0 aromatic carbocycles. The number of hydrogen-bond acceptors (Lipinski definition) is 4. The van der Waals surface area contributed by atoms with Gasteiger partial charge in [-0.3, -0.25) is 10.1 Å². The second-order valence-corrected chi connectivity index (χ2v) is 5.34. The lowest BCUT2D eigenvalue weighted by Gasteiger charge is -2.29. The maximum absolute atomic E-state index is 4.78. The van der Waals surface area contributed by atoms with E-state index in [1.165, 1.54) is 19.4 Å². The summed E-state index contributed by atoms with van der Waals surface area (Å²) in [7, 11) is 2.17. The van der Waals surface area contributed by atoms with E-state index in [-0.39, 0.29) is 0 Å². The Labute approximate surface area is 113 Å². The molecular weight excluding hydrogens is 238 g/mol. The van der Waals surface area contributed by atoms with Crippen LogP contribution in [0.3, 0.4) is 0 Å². The van der Waals surface area contributed by atoms with Crippen LogP contribution in [0, 0.1) is 6.92 Å². The molecule has 1 saturated heterocycles. The highest BCUT2D eigenvalue weighted by molar-refractivity contribution is 5.59. The Morgan fingerprint density at radius 3 is 2.95 bits per heavy atom. The number of H-pyrrole nitrogens is 1. The Morgan fingerprint density at radius 1 is 1.32 bits per heavy atom. The molecule has 1 fully saturated rings. The third-order valence-corrected chi connectivity index (χ3v) is 3.80. The number of hydrogen-bond donors (Lipinski definition) is 1. The van der Waals surface area contributed by atoms with E-state index in [4.69, 9.17) is 4.98 Å². The SMILES string of the molecule is Cc1[nH]ncc1-c1cncc([C@H]2CCCN(C)C2)n1. The van der Waals surface area contributed by atoms with Crippen LogP contribution < -0.4 is 0 Å². The summed E-state index contributed by atoms with van der Waals surface area (Å²) < 4.78 is 0. The summed E-state index contributed by atoms with van der Waals surface area (Å²) >= 11 is 0. The lowest BCUT2D eigenvalue weighted by atomic mass is 9.95. The predicted octanol–water partition coefficient (Wildman–Crippen LogP) is 1.98. The zero-order chi connectivity index (χ0) is 13.2. The Bertz CT molecular complexity index is 562. The van der Waals surface area contributed by atoms with Crippen LogP contribution in [0.15, 0.2) is 18.6 Å². The lowest BCUT2D eigenvalue weighted by Crippen LogP contribution is -2.31. The van der Waals surface area contributed by atoms with Crippen molar-refractivity contribution in [2.75, 3.05) is 20.1 Å². The van der Waals surface area contributed by atoms with Crippen molar-refractivity contribution in [2.24, 2.45) is 0 Å². The summed E-state index contributed by atoms with van der Waals surface area (Å²) in [5, 5.41) is 7.00. The van der Waals surface area contributed by atoms with Crippen molar-refractivity contribution in [1.82, 2.24) is 25.1 Å². The maximum Gasteiger partial charge on any atom is 0.0922 e. The summed E-state index contributed by atoms with van der Waals surface area (Å²) in [6.07, 6.45) is 7.97. The second-order valence-electron chi connectivity index (χ2n) is 5.34. The molecule has 0 aliphatic carbocycles. The van der Waals surface area contributed by atoms with Crippen LogP contribution in [0.5, 0.6) is 0 Å². The van der Waals surface area contributed by atoms with Crippen molar-refractivity contribution >= 4 is 0 Å².